The first-order valence-corrected chi connectivity index (χ1v) is 3.97. The number of carboxylic acids is 1. The Bertz CT molecular complexity index is 457. The molecule has 1 heterocycles. The van der Waals surface area contributed by atoms with Gasteiger partial charge in [-0.25, -0.2) is 18.6 Å². The van der Waals surface area contributed by atoms with Crippen LogP contribution in [0.2, 0.25) is 5.15 Å². The van der Waals surface area contributed by atoms with Crippen molar-refractivity contribution in [1.29, 1.82) is 5.26 Å². The van der Waals surface area contributed by atoms with Gasteiger partial charge in [0.1, 0.15) is 11.2 Å². The molecule has 1 aromatic rings. The summed E-state index contributed by atoms with van der Waals surface area (Å²) in [6.07, 6.45) is -2.90. The van der Waals surface area contributed by atoms with E-state index in [2.05, 4.69) is 4.98 Å². The van der Waals surface area contributed by atoms with Gasteiger partial charge in [-0.15, -0.1) is 0 Å². The molecule has 0 spiro atoms. The van der Waals surface area contributed by atoms with E-state index in [0.717, 1.165) is 6.07 Å². The van der Waals surface area contributed by atoms with Crippen molar-refractivity contribution in [3.8, 4) is 6.07 Å². The van der Waals surface area contributed by atoms with Crippen LogP contribution in [-0.4, -0.2) is 16.1 Å². The Morgan fingerprint density at radius 2 is 2.27 bits per heavy atom. The van der Waals surface area contributed by atoms with E-state index in [-0.39, 0.29) is 0 Å². The lowest BCUT2D eigenvalue weighted by Gasteiger charge is -2.04. The molecule has 0 saturated carbocycles. The molecular formula is C8H3ClF2N2O2. The van der Waals surface area contributed by atoms with E-state index in [1.807, 2.05) is 0 Å². The fraction of sp³-hybridized carbons (Fsp3) is 0.125. The van der Waals surface area contributed by atoms with Gasteiger partial charge in [-0.1, -0.05) is 11.6 Å². The van der Waals surface area contributed by atoms with E-state index in [1.54, 1.807) is 0 Å². The summed E-state index contributed by atoms with van der Waals surface area (Å²) in [5.74, 6) is -1.49. The largest absolute Gasteiger partial charge is 0.476 e. The van der Waals surface area contributed by atoms with Gasteiger partial charge >= 0.3 is 5.97 Å². The molecule has 0 fully saturated rings. The second kappa shape index (κ2) is 4.19. The fourth-order valence-corrected chi connectivity index (χ4v) is 1.13. The minimum Gasteiger partial charge on any atom is -0.476 e. The van der Waals surface area contributed by atoms with E-state index in [0.29, 0.717) is 0 Å². The van der Waals surface area contributed by atoms with Crippen LogP contribution in [0.15, 0.2) is 6.07 Å². The van der Waals surface area contributed by atoms with Crippen LogP contribution in [-0.2, 0) is 0 Å². The van der Waals surface area contributed by atoms with Gasteiger partial charge in [-0.2, -0.15) is 5.26 Å². The van der Waals surface area contributed by atoms with Crippen molar-refractivity contribution in [3.05, 3.63) is 28.0 Å². The predicted octanol–water partition coefficient (Wildman–Crippen LogP) is 2.24. The molecule has 15 heavy (non-hydrogen) atoms. The van der Waals surface area contributed by atoms with Crippen molar-refractivity contribution in [2.75, 3.05) is 0 Å². The molecule has 0 aromatic carbocycles. The van der Waals surface area contributed by atoms with Crippen molar-refractivity contribution in [2.24, 2.45) is 0 Å². The van der Waals surface area contributed by atoms with E-state index in [1.165, 1.54) is 6.07 Å². The van der Waals surface area contributed by atoms with Gasteiger partial charge < -0.3 is 5.11 Å². The van der Waals surface area contributed by atoms with Crippen molar-refractivity contribution in [1.82, 2.24) is 4.98 Å². The maximum atomic E-state index is 12.3. The van der Waals surface area contributed by atoms with Crippen LogP contribution in [0.4, 0.5) is 8.78 Å². The maximum absolute atomic E-state index is 12.3. The van der Waals surface area contributed by atoms with E-state index >= 15 is 0 Å². The summed E-state index contributed by atoms with van der Waals surface area (Å²) in [5, 5.41) is 16.5. The molecule has 0 aliphatic rings. The summed E-state index contributed by atoms with van der Waals surface area (Å²) >= 11 is 5.33. The number of nitriles is 1. The monoisotopic (exact) mass is 232 g/mol. The molecule has 0 saturated heterocycles. The standard InChI is InChI=1S/C8H3ClF2N2O2/c9-6-4(7(10)11)1-3(2-12)5(13-6)8(14)15/h1,7H,(H,14,15). The summed E-state index contributed by atoms with van der Waals surface area (Å²) in [5.41, 5.74) is -1.73. The number of pyridine rings is 1. The highest BCUT2D eigenvalue weighted by atomic mass is 35.5. The van der Waals surface area contributed by atoms with Gasteiger partial charge in [-0.05, 0) is 6.07 Å². The van der Waals surface area contributed by atoms with Crippen molar-refractivity contribution in [2.45, 2.75) is 6.43 Å². The summed E-state index contributed by atoms with van der Waals surface area (Å²) in [7, 11) is 0. The quantitative estimate of drug-likeness (QED) is 0.794. The van der Waals surface area contributed by atoms with Crippen LogP contribution in [0.1, 0.15) is 28.0 Å². The smallest absolute Gasteiger partial charge is 0.355 e. The summed E-state index contributed by atoms with van der Waals surface area (Å²) in [4.78, 5) is 13.8. The van der Waals surface area contributed by atoms with Crippen LogP contribution >= 0.6 is 11.6 Å². The zero-order valence-electron chi connectivity index (χ0n) is 7.04. The minimum atomic E-state index is -2.90. The van der Waals surface area contributed by atoms with E-state index in [9.17, 15) is 13.6 Å². The third-order valence-corrected chi connectivity index (χ3v) is 1.86. The van der Waals surface area contributed by atoms with Crippen LogP contribution in [0.3, 0.4) is 0 Å². The Labute approximate surface area is 87.7 Å². The highest BCUT2D eigenvalue weighted by molar-refractivity contribution is 6.30. The topological polar surface area (TPSA) is 74.0 Å². The van der Waals surface area contributed by atoms with Gasteiger partial charge in [-0.3, -0.25) is 0 Å². The number of rotatable bonds is 2. The Morgan fingerprint density at radius 1 is 1.67 bits per heavy atom. The van der Waals surface area contributed by atoms with E-state index in [4.69, 9.17) is 22.0 Å². The number of carbonyl (C=O) groups is 1. The van der Waals surface area contributed by atoms with Crippen molar-refractivity contribution < 1.29 is 18.7 Å². The first-order chi connectivity index (χ1) is 6.97. The van der Waals surface area contributed by atoms with Crippen molar-refractivity contribution >= 4 is 17.6 Å². The second-order valence-electron chi connectivity index (χ2n) is 2.48. The Balaban J connectivity index is 3.44. The Hall–Kier alpha value is -1.74. The average Bonchev–Trinajstić information content (AvgIpc) is 2.16. The molecule has 78 valence electrons. The summed E-state index contributed by atoms with van der Waals surface area (Å²) < 4.78 is 24.6. The number of aromatic nitrogens is 1. The molecule has 0 unspecified atom stereocenters. The number of alkyl halides is 2. The van der Waals surface area contributed by atoms with Crippen LogP contribution in [0, 0.1) is 11.3 Å². The molecule has 1 rings (SSSR count). The third-order valence-electron chi connectivity index (χ3n) is 1.56. The third kappa shape index (κ3) is 2.19. The minimum absolute atomic E-state index is 0.442. The SMILES string of the molecule is N#Cc1cc(C(F)F)c(Cl)nc1C(=O)O. The number of aromatic carboxylic acids is 1. The highest BCUT2D eigenvalue weighted by Gasteiger charge is 2.20. The van der Waals surface area contributed by atoms with Crippen LogP contribution in [0.25, 0.3) is 0 Å². The van der Waals surface area contributed by atoms with Gasteiger partial charge in [0.05, 0.1) is 11.1 Å². The molecule has 4 nitrogen and oxygen atoms in total. The summed E-state index contributed by atoms with van der Waals surface area (Å²) in [6.45, 7) is 0. The predicted molar refractivity (Wildman–Crippen MR) is 45.9 cm³/mol. The Morgan fingerprint density at radius 3 is 2.67 bits per heavy atom. The number of halogens is 3. The lowest BCUT2D eigenvalue weighted by molar-refractivity contribution is 0.0689. The first-order valence-electron chi connectivity index (χ1n) is 3.59. The summed E-state index contributed by atoms with van der Waals surface area (Å²) in [6, 6.07) is 2.19. The molecule has 0 aliphatic heterocycles. The average molecular weight is 233 g/mol. The molecule has 0 aliphatic carbocycles. The maximum Gasteiger partial charge on any atom is 0.355 e. The highest BCUT2D eigenvalue weighted by Crippen LogP contribution is 2.27. The van der Waals surface area contributed by atoms with Gasteiger partial charge in [0.25, 0.3) is 6.43 Å². The second-order valence-corrected chi connectivity index (χ2v) is 2.84. The molecular weight excluding hydrogens is 230 g/mol. The first kappa shape index (κ1) is 11.3. The van der Waals surface area contributed by atoms with Gasteiger partial charge in [0.2, 0.25) is 0 Å². The number of hydrogen-bond acceptors (Lipinski definition) is 3. The number of hydrogen-bond donors (Lipinski definition) is 1. The normalized spacial score (nSPS) is 10.1. The molecule has 0 amide bonds. The molecule has 0 atom stereocenters. The number of nitrogens with zero attached hydrogens (tertiary/aromatic N) is 2. The van der Waals surface area contributed by atoms with Gasteiger partial charge in [0, 0.05) is 0 Å². The zero-order chi connectivity index (χ0) is 11.6. The molecule has 0 bridgehead atoms. The lowest BCUT2D eigenvalue weighted by atomic mass is 10.1. The van der Waals surface area contributed by atoms with E-state index < -0.39 is 34.4 Å². The molecule has 0 radical (unpaired) electrons. The molecule has 7 heteroatoms. The molecule has 1 N–H and O–H groups in total. The fourth-order valence-electron chi connectivity index (χ4n) is 0.908. The zero-order valence-corrected chi connectivity index (χ0v) is 7.79. The van der Waals surface area contributed by atoms with Crippen LogP contribution in [0.5, 0.6) is 0 Å². The van der Waals surface area contributed by atoms with Crippen LogP contribution < -0.4 is 0 Å². The molecule has 1 aromatic heterocycles. The number of carboxylic acid groups (broad SMARTS) is 1. The Kier molecular flexibility index (Phi) is 3.17. The lowest BCUT2D eigenvalue weighted by Crippen LogP contribution is -2.06. The van der Waals surface area contributed by atoms with Crippen molar-refractivity contribution in [3.63, 3.8) is 0 Å². The van der Waals surface area contributed by atoms with Gasteiger partial charge in [0.15, 0.2) is 5.69 Å².